The fourth-order valence-corrected chi connectivity index (χ4v) is 2.65. The fraction of sp³-hybridized carbons (Fsp3) is 0.769. The first-order valence-electron chi connectivity index (χ1n) is 6.51. The summed E-state index contributed by atoms with van der Waals surface area (Å²) in [6.45, 7) is 7.58. The second-order valence-electron chi connectivity index (χ2n) is 5.28. The summed E-state index contributed by atoms with van der Waals surface area (Å²) < 4.78 is 2.03. The maximum Gasteiger partial charge on any atom is 0.0764 e. The Kier molecular flexibility index (Phi) is 4.46. The van der Waals surface area contributed by atoms with Crippen LogP contribution in [0.5, 0.6) is 0 Å². The highest BCUT2D eigenvalue weighted by molar-refractivity contribution is 6.18. The van der Waals surface area contributed by atoms with Crippen molar-refractivity contribution in [3.63, 3.8) is 0 Å². The molecule has 1 aliphatic heterocycles. The summed E-state index contributed by atoms with van der Waals surface area (Å²) in [4.78, 5) is 2.48. The van der Waals surface area contributed by atoms with Crippen LogP contribution in [-0.4, -0.2) is 33.6 Å². The van der Waals surface area contributed by atoms with E-state index in [9.17, 15) is 0 Å². The van der Waals surface area contributed by atoms with E-state index in [4.69, 9.17) is 11.6 Å². The van der Waals surface area contributed by atoms with E-state index < -0.39 is 0 Å². The number of nitrogens with zero attached hydrogens (tertiary/aromatic N) is 3. The predicted octanol–water partition coefficient (Wildman–Crippen LogP) is 2.91. The van der Waals surface area contributed by atoms with E-state index in [1.807, 2.05) is 4.68 Å². The van der Waals surface area contributed by atoms with Gasteiger partial charge in [0.15, 0.2) is 0 Å². The van der Waals surface area contributed by atoms with Gasteiger partial charge in [-0.25, -0.2) is 0 Å². The predicted molar refractivity (Wildman–Crippen MR) is 71.3 cm³/mol. The second kappa shape index (κ2) is 5.87. The van der Waals surface area contributed by atoms with Gasteiger partial charge < -0.3 is 0 Å². The molecule has 17 heavy (non-hydrogen) atoms. The number of likely N-dealkylation sites (tertiary alicyclic amines) is 1. The first-order valence-corrected chi connectivity index (χ1v) is 7.05. The van der Waals surface area contributed by atoms with Crippen LogP contribution in [0.2, 0.25) is 0 Å². The Labute approximate surface area is 109 Å². The molecule has 2 heterocycles. The van der Waals surface area contributed by atoms with Crippen molar-refractivity contribution >= 4 is 11.6 Å². The zero-order valence-corrected chi connectivity index (χ0v) is 11.5. The molecule has 1 fully saturated rings. The lowest BCUT2D eigenvalue weighted by Crippen LogP contribution is -2.35. The zero-order chi connectivity index (χ0) is 12.3. The van der Waals surface area contributed by atoms with Crippen LogP contribution < -0.4 is 0 Å². The average Bonchev–Trinajstić information content (AvgIpc) is 2.78. The highest BCUT2D eigenvalue weighted by Crippen LogP contribution is 2.19. The van der Waals surface area contributed by atoms with E-state index in [0.717, 1.165) is 19.0 Å². The van der Waals surface area contributed by atoms with Gasteiger partial charge in [0.25, 0.3) is 0 Å². The molecule has 1 aromatic rings. The van der Waals surface area contributed by atoms with Gasteiger partial charge in [-0.15, -0.1) is 11.6 Å². The first-order chi connectivity index (χ1) is 8.19. The van der Waals surface area contributed by atoms with Crippen molar-refractivity contribution in [3.8, 4) is 0 Å². The molecule has 0 bridgehead atoms. The maximum atomic E-state index is 5.95. The quantitative estimate of drug-likeness (QED) is 0.772. The minimum Gasteiger partial charge on any atom is -0.297 e. The molecular formula is C13H22ClN3. The van der Waals surface area contributed by atoms with E-state index in [0.29, 0.717) is 12.0 Å². The SMILES string of the molecule is CC(C)n1ccc(CN2CCCC(CCl)C2)n1. The Morgan fingerprint density at radius 1 is 1.53 bits per heavy atom. The summed E-state index contributed by atoms with van der Waals surface area (Å²) in [5.41, 5.74) is 1.17. The lowest BCUT2D eigenvalue weighted by atomic mass is 10.00. The minimum atomic E-state index is 0.445. The molecule has 2 rings (SSSR count). The molecule has 1 saturated heterocycles. The Hall–Kier alpha value is -0.540. The van der Waals surface area contributed by atoms with Crippen molar-refractivity contribution in [2.45, 2.75) is 39.3 Å². The Morgan fingerprint density at radius 2 is 2.35 bits per heavy atom. The number of piperidine rings is 1. The lowest BCUT2D eigenvalue weighted by Gasteiger charge is -2.31. The Morgan fingerprint density at radius 3 is 3.00 bits per heavy atom. The third-order valence-electron chi connectivity index (χ3n) is 3.40. The van der Waals surface area contributed by atoms with Crippen LogP contribution in [0.3, 0.4) is 0 Å². The van der Waals surface area contributed by atoms with Gasteiger partial charge in [0.2, 0.25) is 0 Å². The molecule has 0 aliphatic carbocycles. The standard InChI is InChI=1S/C13H22ClN3/c1-11(2)17-7-5-13(15-17)10-16-6-3-4-12(8-14)9-16/h5,7,11-12H,3-4,6,8-10H2,1-2H3. The van der Waals surface area contributed by atoms with Gasteiger partial charge in [-0.05, 0) is 45.2 Å². The molecule has 0 aromatic carbocycles. The summed E-state index contributed by atoms with van der Waals surface area (Å²) in [5, 5.41) is 4.60. The van der Waals surface area contributed by atoms with Gasteiger partial charge in [0.05, 0.1) is 5.69 Å². The van der Waals surface area contributed by atoms with Crippen LogP contribution in [0.15, 0.2) is 12.3 Å². The number of hydrogen-bond acceptors (Lipinski definition) is 2. The van der Waals surface area contributed by atoms with Crippen molar-refractivity contribution < 1.29 is 0 Å². The molecule has 1 atom stereocenters. The van der Waals surface area contributed by atoms with Gasteiger partial charge in [0, 0.05) is 31.2 Å². The third-order valence-corrected chi connectivity index (χ3v) is 3.84. The molecule has 96 valence electrons. The minimum absolute atomic E-state index is 0.445. The topological polar surface area (TPSA) is 21.1 Å². The van der Waals surface area contributed by atoms with Crippen LogP contribution in [0.4, 0.5) is 0 Å². The monoisotopic (exact) mass is 255 g/mol. The van der Waals surface area contributed by atoms with Crippen molar-refractivity contribution in [2.24, 2.45) is 5.92 Å². The number of halogens is 1. The molecule has 0 radical (unpaired) electrons. The summed E-state index contributed by atoms with van der Waals surface area (Å²) in [5.74, 6) is 1.45. The third kappa shape index (κ3) is 3.46. The van der Waals surface area contributed by atoms with Crippen molar-refractivity contribution in [1.29, 1.82) is 0 Å². The summed E-state index contributed by atoms with van der Waals surface area (Å²) in [6, 6.07) is 2.57. The number of rotatable bonds is 4. The van der Waals surface area contributed by atoms with Crippen LogP contribution >= 0.6 is 11.6 Å². The number of aromatic nitrogens is 2. The second-order valence-corrected chi connectivity index (χ2v) is 5.59. The normalized spacial score (nSPS) is 22.2. The molecular weight excluding hydrogens is 234 g/mol. The molecule has 0 saturated carbocycles. The smallest absolute Gasteiger partial charge is 0.0764 e. The van der Waals surface area contributed by atoms with Gasteiger partial charge in [-0.2, -0.15) is 5.10 Å². The molecule has 1 aromatic heterocycles. The van der Waals surface area contributed by atoms with Crippen LogP contribution in [-0.2, 0) is 6.54 Å². The van der Waals surface area contributed by atoms with Gasteiger partial charge in [-0.1, -0.05) is 0 Å². The molecule has 0 spiro atoms. The van der Waals surface area contributed by atoms with Crippen molar-refractivity contribution in [1.82, 2.24) is 14.7 Å². The summed E-state index contributed by atoms with van der Waals surface area (Å²) in [6.07, 6.45) is 4.62. The molecule has 1 aliphatic rings. The van der Waals surface area contributed by atoms with E-state index in [2.05, 4.69) is 36.1 Å². The van der Waals surface area contributed by atoms with Gasteiger partial charge in [0.1, 0.15) is 0 Å². The first kappa shape index (κ1) is 12.9. The van der Waals surface area contributed by atoms with Crippen molar-refractivity contribution in [3.05, 3.63) is 18.0 Å². The average molecular weight is 256 g/mol. The van der Waals surface area contributed by atoms with Crippen LogP contribution in [0.1, 0.15) is 38.4 Å². The summed E-state index contributed by atoms with van der Waals surface area (Å²) >= 11 is 5.95. The van der Waals surface area contributed by atoms with Crippen LogP contribution in [0, 0.1) is 5.92 Å². The zero-order valence-electron chi connectivity index (χ0n) is 10.8. The molecule has 0 N–H and O–H groups in total. The van der Waals surface area contributed by atoms with E-state index >= 15 is 0 Å². The molecule has 1 unspecified atom stereocenters. The van der Waals surface area contributed by atoms with Gasteiger partial charge in [-0.3, -0.25) is 9.58 Å². The van der Waals surface area contributed by atoms with E-state index in [1.165, 1.54) is 25.1 Å². The van der Waals surface area contributed by atoms with Gasteiger partial charge >= 0.3 is 0 Å². The molecule has 4 heteroatoms. The summed E-state index contributed by atoms with van der Waals surface area (Å²) in [7, 11) is 0. The molecule has 3 nitrogen and oxygen atoms in total. The Bertz CT molecular complexity index is 348. The largest absolute Gasteiger partial charge is 0.297 e. The molecule has 0 amide bonds. The lowest BCUT2D eigenvalue weighted by molar-refractivity contribution is 0.176. The van der Waals surface area contributed by atoms with Crippen molar-refractivity contribution in [2.75, 3.05) is 19.0 Å². The number of hydrogen-bond donors (Lipinski definition) is 0. The highest BCUT2D eigenvalue weighted by atomic mass is 35.5. The van der Waals surface area contributed by atoms with Crippen LogP contribution in [0.25, 0.3) is 0 Å². The van der Waals surface area contributed by atoms with E-state index in [-0.39, 0.29) is 0 Å². The fourth-order valence-electron chi connectivity index (χ4n) is 2.40. The maximum absolute atomic E-state index is 5.95. The Balaban J connectivity index is 1.91. The highest BCUT2D eigenvalue weighted by Gasteiger charge is 2.19. The van der Waals surface area contributed by atoms with E-state index in [1.54, 1.807) is 0 Å². The number of alkyl halides is 1.